The molecule has 0 radical (unpaired) electrons. The summed E-state index contributed by atoms with van der Waals surface area (Å²) in [5.41, 5.74) is 8.31. The van der Waals surface area contributed by atoms with Crippen LogP contribution in [0, 0.1) is 0 Å². The smallest absolute Gasteiger partial charge is 0.305 e. The predicted molar refractivity (Wildman–Crippen MR) is 82.7 cm³/mol. The predicted octanol–water partition coefficient (Wildman–Crippen LogP) is -0.490. The maximum Gasteiger partial charge on any atom is 0.305 e. The van der Waals surface area contributed by atoms with Gasteiger partial charge in [0.25, 0.3) is 0 Å². The van der Waals surface area contributed by atoms with Crippen molar-refractivity contribution in [2.75, 3.05) is 5.73 Å². The fourth-order valence-corrected chi connectivity index (χ4v) is 2.50. The van der Waals surface area contributed by atoms with Gasteiger partial charge in [-0.15, -0.1) is 0 Å². The van der Waals surface area contributed by atoms with Crippen LogP contribution in [0.15, 0.2) is 65.2 Å². The van der Waals surface area contributed by atoms with Crippen LogP contribution in [0.2, 0.25) is 0 Å². The van der Waals surface area contributed by atoms with Gasteiger partial charge in [0.1, 0.15) is 6.10 Å². The summed E-state index contributed by atoms with van der Waals surface area (Å²) >= 11 is 0. The highest BCUT2D eigenvalue weighted by Gasteiger charge is 2.34. The summed E-state index contributed by atoms with van der Waals surface area (Å²) in [5, 5.41) is 14.6. The van der Waals surface area contributed by atoms with E-state index < -0.39 is 6.10 Å². The summed E-state index contributed by atoms with van der Waals surface area (Å²) in [6.07, 6.45) is -0.710. The number of benzene rings is 2. The van der Waals surface area contributed by atoms with Crippen molar-refractivity contribution < 1.29 is 26.7 Å². The van der Waals surface area contributed by atoms with Crippen molar-refractivity contribution in [1.29, 1.82) is 0 Å². The Morgan fingerprint density at radius 2 is 1.61 bits per heavy atom. The van der Waals surface area contributed by atoms with E-state index in [-0.39, 0.29) is 24.3 Å². The van der Waals surface area contributed by atoms with Crippen molar-refractivity contribution in [3.63, 3.8) is 0 Å². The Kier molecular flexibility index (Phi) is 5.36. The number of halogens is 1. The molecule has 1 heterocycles. The molecule has 3 aromatic rings. The molecule has 0 saturated carbocycles. The number of nitrogens with zero attached hydrogens (tertiary/aromatic N) is 2. The SMILES string of the molecule is CC(C(O)c1ccccc1)[n+]1noc(N)c1-c1ccccc1.[Cl-]. The van der Waals surface area contributed by atoms with Crippen molar-refractivity contribution in [2.45, 2.75) is 19.1 Å². The van der Waals surface area contributed by atoms with Gasteiger partial charge in [-0.1, -0.05) is 48.5 Å². The van der Waals surface area contributed by atoms with Gasteiger partial charge >= 0.3 is 11.6 Å². The van der Waals surface area contributed by atoms with Gasteiger partial charge in [0.2, 0.25) is 11.3 Å². The molecular weight excluding hydrogens is 314 g/mol. The number of aliphatic hydroxyl groups is 1. The number of rotatable bonds is 4. The van der Waals surface area contributed by atoms with Gasteiger partial charge in [0, 0.05) is 6.92 Å². The van der Waals surface area contributed by atoms with Gasteiger partial charge in [-0.05, 0) is 22.4 Å². The lowest BCUT2D eigenvalue weighted by Crippen LogP contribution is -3.00. The van der Waals surface area contributed by atoms with Crippen LogP contribution in [-0.4, -0.2) is 10.4 Å². The molecule has 23 heavy (non-hydrogen) atoms. The first-order valence-electron chi connectivity index (χ1n) is 7.14. The molecule has 1 aromatic heterocycles. The molecule has 3 N–H and O–H groups in total. The highest BCUT2D eigenvalue weighted by atomic mass is 35.5. The molecule has 0 fully saturated rings. The van der Waals surface area contributed by atoms with Crippen LogP contribution in [-0.2, 0) is 0 Å². The molecule has 0 amide bonds. The van der Waals surface area contributed by atoms with Crippen LogP contribution in [0.5, 0.6) is 0 Å². The Hall–Kier alpha value is -2.37. The number of anilines is 1. The van der Waals surface area contributed by atoms with E-state index in [0.717, 1.165) is 11.1 Å². The maximum absolute atomic E-state index is 10.6. The quantitative estimate of drug-likeness (QED) is 0.633. The summed E-state index contributed by atoms with van der Waals surface area (Å²) in [6, 6.07) is 18.8. The highest BCUT2D eigenvalue weighted by Crippen LogP contribution is 2.27. The Balaban J connectivity index is 0.00000192. The van der Waals surface area contributed by atoms with Crippen LogP contribution in [0.3, 0.4) is 0 Å². The van der Waals surface area contributed by atoms with E-state index in [2.05, 4.69) is 5.27 Å². The molecule has 0 aliphatic heterocycles. The van der Waals surface area contributed by atoms with E-state index in [1.165, 1.54) is 0 Å². The summed E-state index contributed by atoms with van der Waals surface area (Å²) in [6.45, 7) is 1.88. The molecule has 0 bridgehead atoms. The molecule has 120 valence electrons. The first-order valence-corrected chi connectivity index (χ1v) is 7.14. The molecule has 0 aliphatic rings. The summed E-state index contributed by atoms with van der Waals surface area (Å²) in [4.78, 5) is 0. The fourth-order valence-electron chi connectivity index (χ4n) is 2.50. The molecule has 6 heteroatoms. The Bertz CT molecular complexity index is 747. The molecule has 0 saturated heterocycles. The van der Waals surface area contributed by atoms with Crippen LogP contribution >= 0.6 is 0 Å². The Labute approximate surface area is 140 Å². The van der Waals surface area contributed by atoms with E-state index in [1.807, 2.05) is 67.6 Å². The number of aliphatic hydroxyl groups excluding tert-OH is 1. The second kappa shape index (κ2) is 7.26. The van der Waals surface area contributed by atoms with E-state index in [9.17, 15) is 5.11 Å². The fraction of sp³-hybridized carbons (Fsp3) is 0.176. The monoisotopic (exact) mass is 331 g/mol. The lowest BCUT2D eigenvalue weighted by atomic mass is 10.0. The zero-order valence-electron chi connectivity index (χ0n) is 12.6. The van der Waals surface area contributed by atoms with E-state index >= 15 is 0 Å². The van der Waals surface area contributed by atoms with E-state index in [0.29, 0.717) is 5.69 Å². The van der Waals surface area contributed by atoms with Gasteiger partial charge in [0.05, 0.1) is 5.56 Å². The molecule has 5 nitrogen and oxygen atoms in total. The average molecular weight is 332 g/mol. The number of hydrogen-bond donors (Lipinski definition) is 2. The highest BCUT2D eigenvalue weighted by molar-refractivity contribution is 5.64. The largest absolute Gasteiger partial charge is 1.00 e. The van der Waals surface area contributed by atoms with Crippen LogP contribution in [0.4, 0.5) is 5.88 Å². The lowest BCUT2D eigenvalue weighted by molar-refractivity contribution is -0.780. The molecule has 2 atom stereocenters. The minimum absolute atomic E-state index is 0. The van der Waals surface area contributed by atoms with Crippen LogP contribution in [0.1, 0.15) is 24.6 Å². The molecular formula is C17H18ClN3O2. The van der Waals surface area contributed by atoms with Gasteiger partial charge in [-0.3, -0.25) is 4.52 Å². The maximum atomic E-state index is 10.6. The van der Waals surface area contributed by atoms with Gasteiger partial charge in [-0.2, -0.15) is 0 Å². The topological polar surface area (TPSA) is 76.2 Å². The normalized spacial score (nSPS) is 13.1. The third-order valence-electron chi connectivity index (χ3n) is 3.72. The van der Waals surface area contributed by atoms with E-state index in [1.54, 1.807) is 4.68 Å². The van der Waals surface area contributed by atoms with Crippen molar-refractivity contribution in [2.24, 2.45) is 0 Å². The zero-order valence-corrected chi connectivity index (χ0v) is 13.4. The van der Waals surface area contributed by atoms with Crippen molar-refractivity contribution in [3.8, 4) is 11.3 Å². The minimum atomic E-state index is -0.710. The Morgan fingerprint density at radius 3 is 2.22 bits per heavy atom. The zero-order chi connectivity index (χ0) is 15.5. The van der Waals surface area contributed by atoms with Gasteiger partial charge in [0.15, 0.2) is 0 Å². The van der Waals surface area contributed by atoms with Crippen molar-refractivity contribution in [3.05, 3.63) is 66.2 Å². The van der Waals surface area contributed by atoms with E-state index in [4.69, 9.17) is 10.3 Å². The van der Waals surface area contributed by atoms with Crippen LogP contribution in [0.25, 0.3) is 11.3 Å². The first-order chi connectivity index (χ1) is 10.7. The second-order valence-corrected chi connectivity index (χ2v) is 5.19. The number of nitrogen functional groups attached to an aromatic ring is 1. The standard InChI is InChI=1S/C17H18N3O2.ClH/c1-12(16(21)14-10-6-3-7-11-14)20-15(17(18)22-19-20)13-8-4-2-5-9-13;/h2-12,16,21H,18H2,1H3;1H/q+1;/p-1. The van der Waals surface area contributed by atoms with Crippen LogP contribution < -0.4 is 22.8 Å². The third kappa shape index (κ3) is 3.36. The Morgan fingerprint density at radius 1 is 1.04 bits per heavy atom. The summed E-state index contributed by atoms with van der Waals surface area (Å²) < 4.78 is 6.76. The second-order valence-electron chi connectivity index (χ2n) is 5.19. The van der Waals surface area contributed by atoms with Gasteiger partial charge in [-0.25, -0.2) is 0 Å². The molecule has 2 unspecified atom stereocenters. The molecule has 2 aromatic carbocycles. The van der Waals surface area contributed by atoms with Crippen molar-refractivity contribution >= 4 is 5.88 Å². The molecule has 0 spiro atoms. The summed E-state index contributed by atoms with van der Waals surface area (Å²) in [5.74, 6) is 0.235. The summed E-state index contributed by atoms with van der Waals surface area (Å²) in [7, 11) is 0. The molecule has 0 aliphatic carbocycles. The first kappa shape index (κ1) is 17.0. The number of nitrogens with two attached hydrogens (primary N) is 1. The average Bonchev–Trinajstić information content (AvgIpc) is 2.96. The van der Waals surface area contributed by atoms with Gasteiger partial charge < -0.3 is 23.2 Å². The number of hydrogen-bond acceptors (Lipinski definition) is 4. The third-order valence-corrected chi connectivity index (χ3v) is 3.72. The van der Waals surface area contributed by atoms with Crippen molar-refractivity contribution in [1.82, 2.24) is 5.27 Å². The lowest BCUT2D eigenvalue weighted by Gasteiger charge is -2.12. The number of aromatic nitrogens is 2. The molecule has 3 rings (SSSR count). The minimum Gasteiger partial charge on any atom is -1.00 e.